The zero-order chi connectivity index (χ0) is 24.1. The van der Waals surface area contributed by atoms with Crippen LogP contribution in [0.3, 0.4) is 0 Å². The van der Waals surface area contributed by atoms with Gasteiger partial charge in [0.1, 0.15) is 5.75 Å². The molecule has 1 aromatic rings. The fourth-order valence-electron chi connectivity index (χ4n) is 5.94. The monoisotopic (exact) mass is 447 g/mol. The van der Waals surface area contributed by atoms with E-state index in [-0.39, 0.29) is 0 Å². The van der Waals surface area contributed by atoms with Gasteiger partial charge in [0.25, 0.3) is 0 Å². The number of likely N-dealkylation sites (N-methyl/N-ethyl adjacent to an activating group) is 1. The number of nitrogens with one attached hydrogen (secondary N) is 1. The lowest BCUT2D eigenvalue weighted by atomic mass is 9.83. The second kappa shape index (κ2) is 11.4. The molecule has 0 amide bonds. The second-order valence-electron chi connectivity index (χ2n) is 10.3. The van der Waals surface area contributed by atoms with Gasteiger partial charge in [0.05, 0.1) is 7.11 Å². The van der Waals surface area contributed by atoms with Gasteiger partial charge in [0.15, 0.2) is 0 Å². The Bertz CT molecular complexity index is 962. The second-order valence-corrected chi connectivity index (χ2v) is 10.3. The summed E-state index contributed by atoms with van der Waals surface area (Å²) in [6.45, 7) is 15.9. The van der Waals surface area contributed by atoms with Crippen LogP contribution in [-0.2, 0) is 19.3 Å². The van der Waals surface area contributed by atoms with Crippen molar-refractivity contribution in [2.24, 2.45) is 11.8 Å². The molecule has 0 saturated carbocycles. The molecule has 1 N–H and O–H groups in total. The smallest absolute Gasteiger partial charge is 0.125 e. The lowest BCUT2D eigenvalue weighted by molar-refractivity contribution is 0.375. The van der Waals surface area contributed by atoms with Crippen LogP contribution in [0.5, 0.6) is 5.75 Å². The summed E-state index contributed by atoms with van der Waals surface area (Å²) in [6.07, 6.45) is 15.0. The molecule has 180 valence electrons. The average Bonchev–Trinajstić information content (AvgIpc) is 3.01. The zero-order valence-corrected chi connectivity index (χ0v) is 22.1. The molecule has 0 bridgehead atoms. The van der Waals surface area contributed by atoms with Crippen LogP contribution in [-0.4, -0.2) is 20.2 Å². The number of aryl methyl sites for hydroxylation is 1. The van der Waals surface area contributed by atoms with Crippen LogP contribution in [0.1, 0.15) is 82.6 Å². The number of hydrogen-bond acceptors (Lipinski definition) is 2. The molecule has 0 spiro atoms. The number of rotatable bonds is 9. The highest BCUT2D eigenvalue weighted by molar-refractivity contribution is 5.88. The minimum Gasteiger partial charge on any atom is -0.496 e. The summed E-state index contributed by atoms with van der Waals surface area (Å²) >= 11 is 0. The SMILES string of the molecule is C=C1C=C2C(=CC=C1C)c1c(cc(CC(C)CC(C)CCC)c(OC)c1CC)CCC2NC. The molecule has 3 rings (SSSR count). The molecule has 1 aromatic carbocycles. The molecular formula is C31H45NO. The van der Waals surface area contributed by atoms with Gasteiger partial charge in [-0.15, -0.1) is 0 Å². The Morgan fingerprint density at radius 3 is 2.58 bits per heavy atom. The number of ether oxygens (including phenoxy) is 1. The van der Waals surface area contributed by atoms with Crippen LogP contribution in [0.15, 0.2) is 47.6 Å². The third-order valence-electron chi connectivity index (χ3n) is 7.59. The lowest BCUT2D eigenvalue weighted by Gasteiger charge is -2.24. The predicted octanol–water partition coefficient (Wildman–Crippen LogP) is 7.62. The van der Waals surface area contributed by atoms with Crippen molar-refractivity contribution in [1.29, 1.82) is 0 Å². The third-order valence-corrected chi connectivity index (χ3v) is 7.59. The molecule has 33 heavy (non-hydrogen) atoms. The number of allylic oxidation sites excluding steroid dienone is 5. The van der Waals surface area contributed by atoms with E-state index < -0.39 is 0 Å². The largest absolute Gasteiger partial charge is 0.496 e. The fourth-order valence-corrected chi connectivity index (χ4v) is 5.94. The van der Waals surface area contributed by atoms with Gasteiger partial charge in [-0.2, -0.15) is 0 Å². The predicted molar refractivity (Wildman–Crippen MR) is 144 cm³/mol. The van der Waals surface area contributed by atoms with Gasteiger partial charge in [-0.1, -0.05) is 65.3 Å². The molecule has 3 unspecified atom stereocenters. The first kappa shape index (κ1) is 25.6. The zero-order valence-electron chi connectivity index (χ0n) is 22.1. The van der Waals surface area contributed by atoms with Crippen molar-refractivity contribution in [2.75, 3.05) is 14.2 Å². The van der Waals surface area contributed by atoms with Crippen molar-refractivity contribution in [3.8, 4) is 5.75 Å². The Morgan fingerprint density at radius 1 is 1.18 bits per heavy atom. The summed E-state index contributed by atoms with van der Waals surface area (Å²) in [7, 11) is 3.94. The third kappa shape index (κ3) is 5.54. The average molecular weight is 448 g/mol. The summed E-state index contributed by atoms with van der Waals surface area (Å²) in [5, 5.41) is 3.58. The van der Waals surface area contributed by atoms with Gasteiger partial charge in [-0.25, -0.2) is 0 Å². The summed E-state index contributed by atoms with van der Waals surface area (Å²) < 4.78 is 6.14. The van der Waals surface area contributed by atoms with Gasteiger partial charge in [0, 0.05) is 11.6 Å². The van der Waals surface area contributed by atoms with Crippen molar-refractivity contribution in [3.05, 3.63) is 69.8 Å². The summed E-state index contributed by atoms with van der Waals surface area (Å²) in [5.74, 6) is 2.55. The maximum Gasteiger partial charge on any atom is 0.125 e. The summed E-state index contributed by atoms with van der Waals surface area (Å²) in [5.41, 5.74) is 10.7. The lowest BCUT2D eigenvalue weighted by Crippen LogP contribution is -2.27. The van der Waals surface area contributed by atoms with E-state index in [4.69, 9.17) is 4.74 Å². The molecule has 0 aliphatic heterocycles. The molecule has 2 nitrogen and oxygen atoms in total. The van der Waals surface area contributed by atoms with Crippen molar-refractivity contribution in [2.45, 2.75) is 85.6 Å². The van der Waals surface area contributed by atoms with Gasteiger partial charge in [-0.3, -0.25) is 0 Å². The van der Waals surface area contributed by atoms with Crippen LogP contribution in [0.4, 0.5) is 0 Å². The summed E-state index contributed by atoms with van der Waals surface area (Å²) in [4.78, 5) is 0. The maximum absolute atomic E-state index is 6.14. The first-order chi connectivity index (χ1) is 15.8. The molecule has 0 heterocycles. The van der Waals surface area contributed by atoms with Gasteiger partial charge in [0.2, 0.25) is 0 Å². The van der Waals surface area contributed by atoms with Crippen molar-refractivity contribution in [3.63, 3.8) is 0 Å². The van der Waals surface area contributed by atoms with E-state index in [1.807, 2.05) is 7.11 Å². The topological polar surface area (TPSA) is 21.3 Å². The van der Waals surface area contributed by atoms with E-state index in [0.29, 0.717) is 12.0 Å². The molecule has 2 heteroatoms. The Morgan fingerprint density at radius 2 is 1.94 bits per heavy atom. The fraction of sp³-hybridized carbons (Fsp3) is 0.548. The first-order valence-corrected chi connectivity index (χ1v) is 13.0. The molecule has 3 atom stereocenters. The normalized spacial score (nSPS) is 19.9. The Hall–Kier alpha value is -2.06. The van der Waals surface area contributed by atoms with Gasteiger partial charge in [-0.05, 0) is 103 Å². The molecule has 0 saturated heterocycles. The molecule has 0 aromatic heterocycles. The van der Waals surface area contributed by atoms with E-state index in [2.05, 4.69) is 77.9 Å². The van der Waals surface area contributed by atoms with E-state index in [0.717, 1.165) is 42.9 Å². The van der Waals surface area contributed by atoms with E-state index in [9.17, 15) is 0 Å². The number of methoxy groups -OCH3 is 1. The quantitative estimate of drug-likeness (QED) is 0.420. The molecule has 2 aliphatic rings. The van der Waals surface area contributed by atoms with Crippen LogP contribution in [0, 0.1) is 11.8 Å². The molecule has 0 radical (unpaired) electrons. The van der Waals surface area contributed by atoms with Gasteiger partial charge < -0.3 is 10.1 Å². The molecular weight excluding hydrogens is 402 g/mol. The van der Waals surface area contributed by atoms with Crippen LogP contribution in [0.25, 0.3) is 5.57 Å². The van der Waals surface area contributed by atoms with Crippen LogP contribution in [0.2, 0.25) is 0 Å². The Kier molecular flexibility index (Phi) is 8.82. The summed E-state index contributed by atoms with van der Waals surface area (Å²) in [6, 6.07) is 2.80. The molecule has 2 aliphatic carbocycles. The van der Waals surface area contributed by atoms with Crippen molar-refractivity contribution in [1.82, 2.24) is 5.32 Å². The number of benzene rings is 1. The van der Waals surface area contributed by atoms with Crippen LogP contribution < -0.4 is 10.1 Å². The standard InChI is InChI=1S/C31H45NO/c1-9-11-20(3)16-21(4)17-25-19-24-13-15-29(32-7)28-18-23(6)22(5)12-14-27(28)30(24)26(10-2)31(25)33-8/h12,14,18-21,29,32H,6,9-11,13,15-17H2,1-5,7-8H3. The minimum absolute atomic E-state index is 0.327. The minimum atomic E-state index is 0.327. The Labute approximate surface area is 202 Å². The number of hydrogen-bond donors (Lipinski definition) is 1. The highest BCUT2D eigenvalue weighted by Gasteiger charge is 2.29. The Balaban J connectivity index is 2.13. The highest BCUT2D eigenvalue weighted by Crippen LogP contribution is 2.43. The number of fused-ring (bicyclic) bond motifs is 3. The van der Waals surface area contributed by atoms with Crippen molar-refractivity contribution < 1.29 is 4.74 Å². The molecule has 0 fully saturated rings. The van der Waals surface area contributed by atoms with E-state index in [1.165, 1.54) is 58.2 Å². The van der Waals surface area contributed by atoms with Gasteiger partial charge >= 0.3 is 0 Å². The van der Waals surface area contributed by atoms with Crippen LogP contribution >= 0.6 is 0 Å². The van der Waals surface area contributed by atoms with Crippen molar-refractivity contribution >= 4 is 5.57 Å². The van der Waals surface area contributed by atoms with E-state index >= 15 is 0 Å². The van der Waals surface area contributed by atoms with E-state index in [1.54, 1.807) is 0 Å². The maximum atomic E-state index is 6.14. The highest BCUT2D eigenvalue weighted by atomic mass is 16.5. The first-order valence-electron chi connectivity index (χ1n) is 13.0.